The highest BCUT2D eigenvalue weighted by atomic mass is 17.7. The van der Waals surface area contributed by atoms with Gasteiger partial charge in [0.2, 0.25) is 0 Å². The second-order valence-electron chi connectivity index (χ2n) is 4.67. The van der Waals surface area contributed by atoms with E-state index in [4.69, 9.17) is 14.5 Å². The third-order valence-corrected chi connectivity index (χ3v) is 3.08. The minimum absolute atomic E-state index is 0.132. The Labute approximate surface area is 115 Å². The third kappa shape index (κ3) is 8.21. The van der Waals surface area contributed by atoms with Crippen LogP contribution in [-0.2, 0) is 24.6 Å². The van der Waals surface area contributed by atoms with Gasteiger partial charge in [-0.2, -0.15) is 0 Å². The second kappa shape index (κ2) is 11.2. The lowest BCUT2D eigenvalue weighted by Crippen LogP contribution is -2.17. The van der Waals surface area contributed by atoms with Crippen LogP contribution >= 0.6 is 0 Å². The Morgan fingerprint density at radius 3 is 2.58 bits per heavy atom. The van der Waals surface area contributed by atoms with Gasteiger partial charge in [0.1, 0.15) is 13.2 Å². The van der Waals surface area contributed by atoms with E-state index in [-0.39, 0.29) is 6.10 Å². The Balaban J connectivity index is 1.88. The van der Waals surface area contributed by atoms with E-state index in [1.807, 2.05) is 13.0 Å². The zero-order valence-corrected chi connectivity index (χ0v) is 12.1. The van der Waals surface area contributed by atoms with Crippen LogP contribution < -0.4 is 0 Å². The maximum atomic E-state index is 5.49. The van der Waals surface area contributed by atoms with Gasteiger partial charge in [-0.1, -0.05) is 26.2 Å². The molecule has 0 aromatic rings. The first-order chi connectivity index (χ1) is 9.36. The molecule has 0 aliphatic heterocycles. The lowest BCUT2D eigenvalue weighted by Gasteiger charge is -2.19. The van der Waals surface area contributed by atoms with Crippen molar-refractivity contribution < 1.29 is 24.6 Å². The van der Waals surface area contributed by atoms with E-state index in [0.717, 1.165) is 31.4 Å². The molecule has 0 heterocycles. The van der Waals surface area contributed by atoms with Crippen molar-refractivity contribution in [3.63, 3.8) is 0 Å². The van der Waals surface area contributed by atoms with Crippen LogP contribution in [-0.4, -0.2) is 19.3 Å². The standard InChI is InChI=1S/C14H26O5/c1-3-8-13(4-2)15-11-12-16-18-19-17-14-9-6-5-7-10-14/h4,14H,3,5-12H2,1-2H3. The van der Waals surface area contributed by atoms with Crippen molar-refractivity contribution in [2.24, 2.45) is 0 Å². The monoisotopic (exact) mass is 274 g/mol. The molecule has 1 aliphatic carbocycles. The fraction of sp³-hybridized carbons (Fsp3) is 0.857. The van der Waals surface area contributed by atoms with Gasteiger partial charge in [0.05, 0.1) is 11.9 Å². The van der Waals surface area contributed by atoms with E-state index in [0.29, 0.717) is 13.2 Å². The average Bonchev–Trinajstić information content (AvgIpc) is 2.46. The van der Waals surface area contributed by atoms with Crippen molar-refractivity contribution in [2.45, 2.75) is 64.9 Å². The van der Waals surface area contributed by atoms with Gasteiger partial charge < -0.3 is 4.74 Å². The van der Waals surface area contributed by atoms with Gasteiger partial charge >= 0.3 is 0 Å². The first kappa shape index (κ1) is 16.4. The van der Waals surface area contributed by atoms with Gasteiger partial charge in [-0.3, -0.25) is 0 Å². The van der Waals surface area contributed by atoms with E-state index in [9.17, 15) is 0 Å². The van der Waals surface area contributed by atoms with Crippen LogP contribution in [0.3, 0.4) is 0 Å². The predicted octanol–water partition coefficient (Wildman–Crippen LogP) is 3.85. The zero-order chi connectivity index (χ0) is 13.8. The second-order valence-corrected chi connectivity index (χ2v) is 4.67. The summed E-state index contributed by atoms with van der Waals surface area (Å²) >= 11 is 0. The Kier molecular flexibility index (Phi) is 9.71. The number of hydrogen-bond donors (Lipinski definition) is 0. The minimum atomic E-state index is 0.132. The van der Waals surface area contributed by atoms with Crippen molar-refractivity contribution in [1.82, 2.24) is 0 Å². The Morgan fingerprint density at radius 1 is 1.11 bits per heavy atom. The molecule has 0 aromatic heterocycles. The van der Waals surface area contributed by atoms with Crippen LogP contribution in [0.4, 0.5) is 0 Å². The lowest BCUT2D eigenvalue weighted by molar-refractivity contribution is -0.642. The molecular formula is C14H26O5. The molecule has 0 radical (unpaired) electrons. The van der Waals surface area contributed by atoms with Crippen molar-refractivity contribution >= 4 is 0 Å². The van der Waals surface area contributed by atoms with E-state index in [1.165, 1.54) is 19.3 Å². The highest BCUT2D eigenvalue weighted by molar-refractivity contribution is 4.89. The third-order valence-electron chi connectivity index (χ3n) is 3.08. The van der Waals surface area contributed by atoms with Gasteiger partial charge in [-0.05, 0) is 42.3 Å². The molecule has 0 N–H and O–H groups in total. The number of allylic oxidation sites excluding steroid dienone is 2. The Morgan fingerprint density at radius 2 is 1.89 bits per heavy atom. The first-order valence-corrected chi connectivity index (χ1v) is 7.26. The Bertz CT molecular complexity index is 236. The topological polar surface area (TPSA) is 46.2 Å². The lowest BCUT2D eigenvalue weighted by atomic mass is 9.98. The first-order valence-electron chi connectivity index (χ1n) is 7.26. The smallest absolute Gasteiger partial charge is 0.119 e. The number of ether oxygens (including phenoxy) is 1. The summed E-state index contributed by atoms with van der Waals surface area (Å²) in [6, 6.07) is 0. The van der Waals surface area contributed by atoms with Crippen LogP contribution in [0.15, 0.2) is 11.8 Å². The summed E-state index contributed by atoms with van der Waals surface area (Å²) in [5, 5.41) is 9.05. The molecule has 0 atom stereocenters. The van der Waals surface area contributed by atoms with Crippen LogP contribution in [0.5, 0.6) is 0 Å². The summed E-state index contributed by atoms with van der Waals surface area (Å²) in [7, 11) is 0. The minimum Gasteiger partial charge on any atom is -0.496 e. The van der Waals surface area contributed by atoms with Crippen molar-refractivity contribution in [1.29, 1.82) is 0 Å². The maximum Gasteiger partial charge on any atom is 0.119 e. The molecule has 1 saturated carbocycles. The number of hydrogen-bond acceptors (Lipinski definition) is 5. The fourth-order valence-electron chi connectivity index (χ4n) is 2.04. The van der Waals surface area contributed by atoms with Gasteiger partial charge in [0, 0.05) is 6.42 Å². The van der Waals surface area contributed by atoms with Gasteiger partial charge in [0.15, 0.2) is 0 Å². The quantitative estimate of drug-likeness (QED) is 0.262. The van der Waals surface area contributed by atoms with Crippen molar-refractivity contribution in [3.05, 3.63) is 11.8 Å². The molecule has 0 bridgehead atoms. The molecule has 0 spiro atoms. The van der Waals surface area contributed by atoms with Gasteiger partial charge in [-0.15, -0.1) is 0 Å². The van der Waals surface area contributed by atoms with E-state index >= 15 is 0 Å². The molecule has 0 amide bonds. The zero-order valence-electron chi connectivity index (χ0n) is 12.1. The molecule has 19 heavy (non-hydrogen) atoms. The van der Waals surface area contributed by atoms with Crippen molar-refractivity contribution in [2.75, 3.05) is 13.2 Å². The summed E-state index contributed by atoms with van der Waals surface area (Å²) in [6.07, 6.45) is 9.80. The molecule has 5 nitrogen and oxygen atoms in total. The Hall–Kier alpha value is -0.620. The average molecular weight is 274 g/mol. The largest absolute Gasteiger partial charge is 0.496 e. The molecule has 1 rings (SSSR count). The molecule has 0 unspecified atom stereocenters. The molecular weight excluding hydrogens is 248 g/mol. The normalized spacial score (nSPS) is 17.7. The van der Waals surface area contributed by atoms with Crippen molar-refractivity contribution in [3.8, 4) is 0 Å². The molecule has 112 valence electrons. The highest BCUT2D eigenvalue weighted by Gasteiger charge is 2.15. The fourth-order valence-corrected chi connectivity index (χ4v) is 2.04. The van der Waals surface area contributed by atoms with Crippen LogP contribution in [0.1, 0.15) is 58.8 Å². The van der Waals surface area contributed by atoms with Gasteiger partial charge in [0.25, 0.3) is 0 Å². The molecule has 0 aromatic carbocycles. The molecule has 0 saturated heterocycles. The molecule has 1 aliphatic rings. The van der Waals surface area contributed by atoms with Crippen LogP contribution in [0.2, 0.25) is 0 Å². The van der Waals surface area contributed by atoms with E-state index in [2.05, 4.69) is 17.0 Å². The number of rotatable bonds is 10. The van der Waals surface area contributed by atoms with Crippen LogP contribution in [0.25, 0.3) is 0 Å². The molecule has 5 heteroatoms. The predicted molar refractivity (Wildman–Crippen MR) is 70.7 cm³/mol. The van der Waals surface area contributed by atoms with E-state index < -0.39 is 0 Å². The SMILES string of the molecule is CC=C(CCC)OCCOOOOC1CCCCC1. The summed E-state index contributed by atoms with van der Waals surface area (Å²) in [5.41, 5.74) is 0. The summed E-state index contributed by atoms with van der Waals surface area (Å²) < 4.78 is 5.49. The van der Waals surface area contributed by atoms with Gasteiger partial charge in [-0.25, -0.2) is 9.78 Å². The summed E-state index contributed by atoms with van der Waals surface area (Å²) in [6.45, 7) is 4.81. The molecule has 1 fully saturated rings. The highest BCUT2D eigenvalue weighted by Crippen LogP contribution is 2.20. The van der Waals surface area contributed by atoms with Crippen LogP contribution in [0, 0.1) is 0 Å². The van der Waals surface area contributed by atoms with E-state index in [1.54, 1.807) is 0 Å². The summed E-state index contributed by atoms with van der Waals surface area (Å²) in [5.74, 6) is 0.977. The summed E-state index contributed by atoms with van der Waals surface area (Å²) in [4.78, 5) is 9.87. The maximum absolute atomic E-state index is 5.49.